The van der Waals surface area contributed by atoms with Crippen molar-refractivity contribution in [3.05, 3.63) is 65.8 Å². The number of amides is 2. The third-order valence-corrected chi connectivity index (χ3v) is 6.14. The SMILES string of the molecule is Cc1ccc(C(=O)Nc2nonc2NC(=O)c2ccc(C)c(I)c2)cc1I. The molecule has 0 aliphatic carbocycles. The summed E-state index contributed by atoms with van der Waals surface area (Å²) in [4.78, 5) is 24.9. The number of hydrogen-bond donors (Lipinski definition) is 2. The van der Waals surface area contributed by atoms with Gasteiger partial charge in [0.1, 0.15) is 0 Å². The minimum atomic E-state index is -0.371. The first-order valence-corrected chi connectivity index (χ1v) is 9.98. The lowest BCUT2D eigenvalue weighted by molar-refractivity contribution is 0.101. The second-order valence-electron chi connectivity index (χ2n) is 5.80. The first-order chi connectivity index (χ1) is 12.8. The highest BCUT2D eigenvalue weighted by Crippen LogP contribution is 2.20. The van der Waals surface area contributed by atoms with Gasteiger partial charge in [0, 0.05) is 18.3 Å². The van der Waals surface area contributed by atoms with Crippen LogP contribution < -0.4 is 10.6 Å². The van der Waals surface area contributed by atoms with Crippen LogP contribution in [-0.2, 0) is 0 Å². The lowest BCUT2D eigenvalue weighted by Gasteiger charge is -2.07. The molecule has 9 heteroatoms. The van der Waals surface area contributed by atoms with Crippen LogP contribution in [0.1, 0.15) is 31.8 Å². The van der Waals surface area contributed by atoms with Gasteiger partial charge in [0.25, 0.3) is 11.8 Å². The summed E-state index contributed by atoms with van der Waals surface area (Å²) in [6.45, 7) is 3.93. The van der Waals surface area contributed by atoms with Gasteiger partial charge in [0.15, 0.2) is 0 Å². The summed E-state index contributed by atoms with van der Waals surface area (Å²) in [5.41, 5.74) is 3.10. The number of halogens is 2. The fraction of sp³-hybridized carbons (Fsp3) is 0.111. The van der Waals surface area contributed by atoms with E-state index < -0.39 is 0 Å². The normalized spacial score (nSPS) is 10.5. The highest BCUT2D eigenvalue weighted by molar-refractivity contribution is 14.1. The van der Waals surface area contributed by atoms with Crippen LogP contribution >= 0.6 is 45.2 Å². The highest BCUT2D eigenvalue weighted by atomic mass is 127. The summed E-state index contributed by atoms with van der Waals surface area (Å²) >= 11 is 4.33. The summed E-state index contributed by atoms with van der Waals surface area (Å²) in [5.74, 6) is -0.649. The molecule has 2 N–H and O–H groups in total. The van der Waals surface area contributed by atoms with Crippen LogP contribution in [0.25, 0.3) is 0 Å². The smallest absolute Gasteiger partial charge is 0.257 e. The zero-order valence-electron chi connectivity index (χ0n) is 14.3. The Hall–Kier alpha value is -2.02. The average Bonchev–Trinajstić information content (AvgIpc) is 3.06. The second kappa shape index (κ2) is 8.33. The maximum absolute atomic E-state index is 12.4. The van der Waals surface area contributed by atoms with Crippen LogP contribution in [0.2, 0.25) is 0 Å². The maximum Gasteiger partial charge on any atom is 0.257 e. The zero-order chi connectivity index (χ0) is 19.6. The van der Waals surface area contributed by atoms with Crippen LogP contribution in [0.4, 0.5) is 11.6 Å². The molecule has 3 aromatic rings. The van der Waals surface area contributed by atoms with Gasteiger partial charge in [-0.1, -0.05) is 12.1 Å². The minimum Gasteiger partial charge on any atom is -0.300 e. The van der Waals surface area contributed by atoms with Crippen LogP contribution in [0, 0.1) is 21.0 Å². The standard InChI is InChI=1S/C18H14I2N4O3/c1-9-3-5-11(7-13(9)19)17(25)21-15-16(24-27-23-15)22-18(26)12-6-4-10(2)14(20)8-12/h3-8H,1-2H3,(H,21,23,25)(H,22,24,26). The van der Waals surface area contributed by atoms with Crippen LogP contribution in [-0.4, -0.2) is 22.1 Å². The third kappa shape index (κ3) is 4.64. The molecule has 27 heavy (non-hydrogen) atoms. The van der Waals surface area contributed by atoms with Crippen LogP contribution in [0.15, 0.2) is 41.0 Å². The molecule has 0 bridgehead atoms. The van der Waals surface area contributed by atoms with Gasteiger partial charge in [-0.15, -0.1) is 0 Å². The molecule has 3 rings (SSSR count). The van der Waals surface area contributed by atoms with Gasteiger partial charge >= 0.3 is 0 Å². The van der Waals surface area contributed by atoms with E-state index >= 15 is 0 Å². The lowest BCUT2D eigenvalue weighted by Crippen LogP contribution is -2.17. The average molecular weight is 588 g/mol. The first-order valence-electron chi connectivity index (χ1n) is 7.82. The second-order valence-corrected chi connectivity index (χ2v) is 8.12. The van der Waals surface area contributed by atoms with Crippen molar-refractivity contribution >= 4 is 68.6 Å². The fourth-order valence-corrected chi connectivity index (χ4v) is 3.21. The number of hydrogen-bond acceptors (Lipinski definition) is 5. The van der Waals surface area contributed by atoms with Gasteiger partial charge in [-0.2, -0.15) is 0 Å². The zero-order valence-corrected chi connectivity index (χ0v) is 18.7. The van der Waals surface area contributed by atoms with E-state index in [0.29, 0.717) is 11.1 Å². The van der Waals surface area contributed by atoms with Crippen molar-refractivity contribution in [2.45, 2.75) is 13.8 Å². The molecule has 0 aliphatic heterocycles. The van der Waals surface area contributed by atoms with Crippen molar-refractivity contribution in [2.75, 3.05) is 10.6 Å². The van der Waals surface area contributed by atoms with E-state index in [1.54, 1.807) is 24.3 Å². The van der Waals surface area contributed by atoms with Gasteiger partial charge in [-0.05, 0) is 105 Å². The van der Waals surface area contributed by atoms with Crippen molar-refractivity contribution in [2.24, 2.45) is 0 Å². The van der Waals surface area contributed by atoms with E-state index in [2.05, 4.69) is 70.8 Å². The number of carbonyl (C=O) groups excluding carboxylic acids is 2. The molecule has 1 aromatic heterocycles. The predicted molar refractivity (Wildman–Crippen MR) is 118 cm³/mol. The molecule has 2 aromatic carbocycles. The summed E-state index contributed by atoms with van der Waals surface area (Å²) < 4.78 is 6.62. The number of aryl methyl sites for hydroxylation is 2. The minimum absolute atomic E-state index is 0.0470. The van der Waals surface area contributed by atoms with Crippen molar-refractivity contribution in [1.29, 1.82) is 0 Å². The molecule has 0 fully saturated rings. The highest BCUT2D eigenvalue weighted by Gasteiger charge is 2.18. The molecule has 0 radical (unpaired) electrons. The number of anilines is 2. The van der Waals surface area contributed by atoms with Gasteiger partial charge in [0.2, 0.25) is 11.6 Å². The maximum atomic E-state index is 12.4. The van der Waals surface area contributed by atoms with Gasteiger partial charge in [-0.25, -0.2) is 4.63 Å². The van der Waals surface area contributed by atoms with Gasteiger partial charge in [0.05, 0.1) is 0 Å². The Balaban J connectivity index is 1.75. The Morgan fingerprint density at radius 1 is 0.815 bits per heavy atom. The Kier molecular flexibility index (Phi) is 6.09. The number of rotatable bonds is 4. The molecular formula is C18H14I2N4O3. The molecule has 2 amide bonds. The van der Waals surface area contributed by atoms with Crippen molar-refractivity contribution < 1.29 is 14.2 Å². The summed E-state index contributed by atoms with van der Waals surface area (Å²) in [7, 11) is 0. The summed E-state index contributed by atoms with van der Waals surface area (Å²) in [6, 6.07) is 10.7. The van der Waals surface area contributed by atoms with E-state index in [0.717, 1.165) is 18.3 Å². The van der Waals surface area contributed by atoms with E-state index in [-0.39, 0.29) is 23.5 Å². The van der Waals surface area contributed by atoms with Crippen LogP contribution in [0.5, 0.6) is 0 Å². The largest absolute Gasteiger partial charge is 0.300 e. The number of nitrogens with zero attached hydrogens (tertiary/aromatic N) is 2. The van der Waals surface area contributed by atoms with E-state index in [4.69, 9.17) is 0 Å². The van der Waals surface area contributed by atoms with Gasteiger partial charge in [-0.3, -0.25) is 9.59 Å². The molecule has 1 heterocycles. The summed E-state index contributed by atoms with van der Waals surface area (Å²) in [6.07, 6.45) is 0. The Morgan fingerprint density at radius 2 is 1.22 bits per heavy atom. The number of carbonyl (C=O) groups is 2. The molecule has 0 saturated heterocycles. The molecule has 0 spiro atoms. The van der Waals surface area contributed by atoms with E-state index in [1.807, 2.05) is 26.0 Å². The quantitative estimate of drug-likeness (QED) is 0.441. The van der Waals surface area contributed by atoms with Gasteiger partial charge < -0.3 is 10.6 Å². The molecule has 0 unspecified atom stereocenters. The third-order valence-electron chi connectivity index (χ3n) is 3.82. The molecule has 0 aliphatic rings. The van der Waals surface area contributed by atoms with E-state index in [1.165, 1.54) is 0 Å². The molecule has 138 valence electrons. The number of nitrogens with one attached hydrogen (secondary N) is 2. The van der Waals surface area contributed by atoms with Crippen molar-refractivity contribution in [3.8, 4) is 0 Å². The predicted octanol–water partition coefficient (Wildman–Crippen LogP) is 4.40. The Bertz CT molecular complexity index is 953. The number of aromatic nitrogens is 2. The molecule has 0 saturated carbocycles. The molecule has 7 nitrogen and oxygen atoms in total. The fourth-order valence-electron chi connectivity index (χ4n) is 2.18. The van der Waals surface area contributed by atoms with Crippen LogP contribution in [0.3, 0.4) is 0 Å². The first kappa shape index (κ1) is 19.7. The van der Waals surface area contributed by atoms with E-state index in [9.17, 15) is 9.59 Å². The van der Waals surface area contributed by atoms with Crippen molar-refractivity contribution in [3.63, 3.8) is 0 Å². The summed E-state index contributed by atoms with van der Waals surface area (Å²) in [5, 5.41) is 12.5. The molecule has 0 atom stereocenters. The Morgan fingerprint density at radius 3 is 1.59 bits per heavy atom. The lowest BCUT2D eigenvalue weighted by atomic mass is 10.1. The van der Waals surface area contributed by atoms with Crippen molar-refractivity contribution in [1.82, 2.24) is 10.3 Å². The topological polar surface area (TPSA) is 97.1 Å². The Labute approximate surface area is 182 Å². The molecular weight excluding hydrogens is 574 g/mol. The number of benzene rings is 2. The monoisotopic (exact) mass is 588 g/mol.